The molecular weight excluding hydrogens is 292 g/mol. The van der Waals surface area contributed by atoms with Gasteiger partial charge in [-0.2, -0.15) is 0 Å². The van der Waals surface area contributed by atoms with Gasteiger partial charge in [0.2, 0.25) is 11.8 Å². The van der Waals surface area contributed by atoms with E-state index in [9.17, 15) is 14.4 Å². The van der Waals surface area contributed by atoms with Crippen molar-refractivity contribution in [1.29, 1.82) is 0 Å². The first-order chi connectivity index (χ1) is 9.91. The molecule has 1 atom stereocenters. The van der Waals surface area contributed by atoms with E-state index in [1.54, 1.807) is 11.3 Å². The summed E-state index contributed by atoms with van der Waals surface area (Å²) in [6, 6.07) is 2.95. The van der Waals surface area contributed by atoms with Crippen LogP contribution in [0, 0.1) is 0 Å². The zero-order valence-electron chi connectivity index (χ0n) is 12.2. The molecule has 0 saturated heterocycles. The van der Waals surface area contributed by atoms with Crippen LogP contribution in [0.5, 0.6) is 0 Å². The Balaban J connectivity index is 2.58. The lowest BCUT2D eigenvalue weighted by Gasteiger charge is -2.26. The minimum absolute atomic E-state index is 0.191. The lowest BCUT2D eigenvalue weighted by atomic mass is 10.2. The number of carboxylic acids is 1. The molecule has 116 valence electrons. The Morgan fingerprint density at radius 2 is 2.14 bits per heavy atom. The number of aryl methyl sites for hydroxylation is 1. The van der Waals surface area contributed by atoms with E-state index in [4.69, 9.17) is 5.11 Å². The van der Waals surface area contributed by atoms with Crippen molar-refractivity contribution in [3.63, 3.8) is 0 Å². The largest absolute Gasteiger partial charge is 0.480 e. The quantitative estimate of drug-likeness (QED) is 0.753. The predicted molar refractivity (Wildman–Crippen MR) is 80.1 cm³/mol. The highest BCUT2D eigenvalue weighted by molar-refractivity contribution is 7.09. The van der Waals surface area contributed by atoms with Crippen LogP contribution in [0.4, 0.5) is 0 Å². The van der Waals surface area contributed by atoms with Crippen LogP contribution in [0.2, 0.25) is 0 Å². The summed E-state index contributed by atoms with van der Waals surface area (Å²) < 4.78 is 0. The lowest BCUT2D eigenvalue weighted by molar-refractivity contribution is -0.149. The molecule has 1 unspecified atom stereocenters. The van der Waals surface area contributed by atoms with Crippen LogP contribution in [0.15, 0.2) is 17.5 Å². The van der Waals surface area contributed by atoms with E-state index in [1.165, 1.54) is 18.7 Å². The third-order valence-corrected chi connectivity index (χ3v) is 3.97. The number of carbonyl (C=O) groups is 3. The third kappa shape index (κ3) is 5.95. The van der Waals surface area contributed by atoms with E-state index in [1.807, 2.05) is 17.5 Å². The summed E-state index contributed by atoms with van der Waals surface area (Å²) in [5.74, 6) is -1.48. The van der Waals surface area contributed by atoms with Crippen LogP contribution in [-0.4, -0.2) is 46.9 Å². The molecule has 1 aromatic heterocycles. The fourth-order valence-corrected chi connectivity index (χ4v) is 2.56. The molecule has 1 heterocycles. The molecular formula is C14H20N2O4S. The number of nitrogens with zero attached hydrogens (tertiary/aromatic N) is 1. The fourth-order valence-electron chi connectivity index (χ4n) is 1.85. The normalized spacial score (nSPS) is 11.7. The number of nitrogens with one attached hydrogen (secondary N) is 1. The Morgan fingerprint density at radius 1 is 1.43 bits per heavy atom. The molecule has 0 aliphatic carbocycles. The van der Waals surface area contributed by atoms with E-state index >= 15 is 0 Å². The maximum atomic E-state index is 12.2. The smallest absolute Gasteiger partial charge is 0.326 e. The van der Waals surface area contributed by atoms with Crippen molar-refractivity contribution in [3.8, 4) is 0 Å². The Kier molecular flexibility index (Phi) is 6.87. The van der Waals surface area contributed by atoms with Crippen LogP contribution in [-0.2, 0) is 20.8 Å². The van der Waals surface area contributed by atoms with Gasteiger partial charge < -0.3 is 15.3 Å². The van der Waals surface area contributed by atoms with Crippen molar-refractivity contribution in [1.82, 2.24) is 10.2 Å². The number of hydrogen-bond acceptors (Lipinski definition) is 4. The molecule has 0 radical (unpaired) electrons. The molecule has 1 rings (SSSR count). The molecule has 2 amide bonds. The molecule has 21 heavy (non-hydrogen) atoms. The van der Waals surface area contributed by atoms with Gasteiger partial charge in [0, 0.05) is 31.3 Å². The summed E-state index contributed by atoms with van der Waals surface area (Å²) in [7, 11) is 0. The Morgan fingerprint density at radius 3 is 2.67 bits per heavy atom. The van der Waals surface area contributed by atoms with Crippen molar-refractivity contribution in [3.05, 3.63) is 22.4 Å². The summed E-state index contributed by atoms with van der Waals surface area (Å²) in [4.78, 5) is 36.5. The SMILES string of the molecule is CC(=O)NCCN(C(=O)CCc1cccs1)C(C)C(=O)O. The van der Waals surface area contributed by atoms with Crippen molar-refractivity contribution in [2.75, 3.05) is 13.1 Å². The van der Waals surface area contributed by atoms with Gasteiger partial charge in [0.05, 0.1) is 0 Å². The van der Waals surface area contributed by atoms with E-state index < -0.39 is 12.0 Å². The molecule has 6 nitrogen and oxygen atoms in total. The number of thiophene rings is 1. The summed E-state index contributed by atoms with van der Waals surface area (Å²) >= 11 is 1.57. The van der Waals surface area contributed by atoms with Gasteiger partial charge in [-0.1, -0.05) is 6.07 Å². The maximum absolute atomic E-state index is 12.2. The number of carbonyl (C=O) groups excluding carboxylic acids is 2. The molecule has 0 aliphatic rings. The minimum atomic E-state index is -1.05. The van der Waals surface area contributed by atoms with Crippen molar-refractivity contribution >= 4 is 29.1 Å². The van der Waals surface area contributed by atoms with Gasteiger partial charge in [-0.15, -0.1) is 11.3 Å². The maximum Gasteiger partial charge on any atom is 0.326 e. The van der Waals surface area contributed by atoms with Gasteiger partial charge in [0.25, 0.3) is 0 Å². The van der Waals surface area contributed by atoms with Gasteiger partial charge in [0.1, 0.15) is 6.04 Å². The van der Waals surface area contributed by atoms with Gasteiger partial charge in [-0.25, -0.2) is 4.79 Å². The first-order valence-corrected chi connectivity index (χ1v) is 7.59. The van der Waals surface area contributed by atoms with Crippen LogP contribution in [0.1, 0.15) is 25.1 Å². The molecule has 0 aromatic carbocycles. The van der Waals surface area contributed by atoms with Gasteiger partial charge in [0.15, 0.2) is 0 Å². The van der Waals surface area contributed by atoms with E-state index in [0.29, 0.717) is 6.42 Å². The number of rotatable bonds is 8. The standard InChI is InChI=1S/C14H20N2O4S/c1-10(14(19)20)16(8-7-15-11(2)17)13(18)6-5-12-4-3-9-21-12/h3-4,9-10H,5-8H2,1-2H3,(H,15,17)(H,19,20). The second kappa shape index (κ2) is 8.41. The molecule has 0 aliphatic heterocycles. The average Bonchev–Trinajstić information content (AvgIpc) is 2.93. The Bertz CT molecular complexity index is 487. The number of hydrogen-bond donors (Lipinski definition) is 2. The summed E-state index contributed by atoms with van der Waals surface area (Å²) in [5.41, 5.74) is 0. The predicted octanol–water partition coefficient (Wildman–Crippen LogP) is 1.12. The monoisotopic (exact) mass is 312 g/mol. The van der Waals surface area contributed by atoms with Crippen LogP contribution >= 0.6 is 11.3 Å². The van der Waals surface area contributed by atoms with Crippen LogP contribution in [0.3, 0.4) is 0 Å². The molecule has 2 N–H and O–H groups in total. The topological polar surface area (TPSA) is 86.7 Å². The molecule has 7 heteroatoms. The Hall–Kier alpha value is -1.89. The molecule has 0 bridgehead atoms. The number of aliphatic carboxylic acids is 1. The lowest BCUT2D eigenvalue weighted by Crippen LogP contribution is -2.46. The minimum Gasteiger partial charge on any atom is -0.480 e. The zero-order chi connectivity index (χ0) is 15.8. The number of amides is 2. The zero-order valence-corrected chi connectivity index (χ0v) is 13.0. The number of carboxylic acid groups (broad SMARTS) is 1. The fraction of sp³-hybridized carbons (Fsp3) is 0.500. The highest BCUT2D eigenvalue weighted by Crippen LogP contribution is 2.12. The van der Waals surface area contributed by atoms with Crippen molar-refractivity contribution < 1.29 is 19.5 Å². The second-order valence-corrected chi connectivity index (χ2v) is 5.70. The highest BCUT2D eigenvalue weighted by Gasteiger charge is 2.24. The van der Waals surface area contributed by atoms with Crippen LogP contribution in [0.25, 0.3) is 0 Å². The van der Waals surface area contributed by atoms with Gasteiger partial charge in [-0.3, -0.25) is 9.59 Å². The molecule has 0 saturated carbocycles. The summed E-state index contributed by atoms with van der Waals surface area (Å²) in [6.45, 7) is 3.29. The van der Waals surface area contributed by atoms with Gasteiger partial charge >= 0.3 is 5.97 Å². The first-order valence-electron chi connectivity index (χ1n) is 6.71. The molecule has 0 spiro atoms. The van der Waals surface area contributed by atoms with E-state index in [-0.39, 0.29) is 31.3 Å². The second-order valence-electron chi connectivity index (χ2n) is 4.66. The van der Waals surface area contributed by atoms with Crippen molar-refractivity contribution in [2.24, 2.45) is 0 Å². The van der Waals surface area contributed by atoms with Crippen LogP contribution < -0.4 is 5.32 Å². The highest BCUT2D eigenvalue weighted by atomic mass is 32.1. The third-order valence-electron chi connectivity index (χ3n) is 3.04. The van der Waals surface area contributed by atoms with Gasteiger partial charge in [-0.05, 0) is 24.8 Å². The summed E-state index contributed by atoms with van der Waals surface area (Å²) in [6.07, 6.45) is 0.859. The molecule has 1 aromatic rings. The van der Waals surface area contributed by atoms with E-state index in [0.717, 1.165) is 4.88 Å². The summed E-state index contributed by atoms with van der Waals surface area (Å²) in [5, 5.41) is 13.6. The first kappa shape index (κ1) is 17.2. The molecule has 0 fully saturated rings. The average molecular weight is 312 g/mol. The Labute approximate surface area is 127 Å². The van der Waals surface area contributed by atoms with E-state index in [2.05, 4.69) is 5.32 Å². The van der Waals surface area contributed by atoms with Crippen molar-refractivity contribution in [2.45, 2.75) is 32.7 Å².